The van der Waals surface area contributed by atoms with E-state index in [4.69, 9.17) is 4.74 Å². The number of amides is 2. The van der Waals surface area contributed by atoms with Gasteiger partial charge in [0.2, 0.25) is 5.95 Å². The lowest BCUT2D eigenvalue weighted by atomic mass is 9.80. The van der Waals surface area contributed by atoms with Crippen LogP contribution in [0.2, 0.25) is 0 Å². The molecule has 0 bridgehead atoms. The standard InChI is InChI=1S/C28H30FN7O3S/c1-4-30-26(38)35-27-34-22-21(29)18(14-19(23(22)40-27)20-8-6-7-11-31-20)17-15-32-25(33-16-17)36-12-9-28(3,10-13-36)24(37)39-5-2/h6-8,11,14-16H,4-5,9-10,12-13H2,1-3H3,(H2,30,34,35,38). The lowest BCUT2D eigenvalue weighted by Crippen LogP contribution is -2.44. The Hall–Kier alpha value is -4.19. The minimum absolute atomic E-state index is 0.133. The van der Waals surface area contributed by atoms with E-state index < -0.39 is 17.3 Å². The highest BCUT2D eigenvalue weighted by Gasteiger charge is 2.38. The number of carbonyl (C=O) groups excluding carboxylic acids is 2. The highest BCUT2D eigenvalue weighted by molar-refractivity contribution is 7.22. The van der Waals surface area contributed by atoms with E-state index >= 15 is 4.39 Å². The van der Waals surface area contributed by atoms with Crippen LogP contribution in [0.25, 0.3) is 32.6 Å². The fraction of sp³-hybridized carbons (Fsp3) is 0.357. The van der Waals surface area contributed by atoms with Crippen molar-refractivity contribution in [2.24, 2.45) is 5.41 Å². The number of fused-ring (bicyclic) bond motifs is 1. The van der Waals surface area contributed by atoms with Crippen LogP contribution >= 0.6 is 11.3 Å². The van der Waals surface area contributed by atoms with E-state index in [9.17, 15) is 9.59 Å². The normalized spacial score (nSPS) is 14.7. The van der Waals surface area contributed by atoms with Crippen LogP contribution in [0, 0.1) is 11.2 Å². The minimum atomic E-state index is -0.533. The Balaban J connectivity index is 1.46. The largest absolute Gasteiger partial charge is 0.466 e. The van der Waals surface area contributed by atoms with Crippen molar-refractivity contribution in [3.63, 3.8) is 0 Å². The van der Waals surface area contributed by atoms with Gasteiger partial charge in [0.25, 0.3) is 0 Å². The topological polar surface area (TPSA) is 122 Å². The van der Waals surface area contributed by atoms with E-state index in [1.165, 1.54) is 11.3 Å². The van der Waals surface area contributed by atoms with Gasteiger partial charge < -0.3 is 15.0 Å². The second-order valence-corrected chi connectivity index (χ2v) is 10.7. The Bertz CT molecular complexity index is 1520. The number of hydrogen-bond acceptors (Lipinski definition) is 9. The fourth-order valence-corrected chi connectivity index (χ4v) is 5.64. The van der Waals surface area contributed by atoms with Crippen LogP contribution in [0.1, 0.15) is 33.6 Å². The third-order valence-corrected chi connectivity index (χ3v) is 7.97. The highest BCUT2D eigenvalue weighted by Crippen LogP contribution is 2.40. The van der Waals surface area contributed by atoms with Crippen molar-refractivity contribution in [3.05, 3.63) is 48.7 Å². The third kappa shape index (κ3) is 5.44. The van der Waals surface area contributed by atoms with Crippen LogP contribution in [0.3, 0.4) is 0 Å². The summed E-state index contributed by atoms with van der Waals surface area (Å²) in [6, 6.07) is 6.81. The number of urea groups is 1. The summed E-state index contributed by atoms with van der Waals surface area (Å²) < 4.78 is 21.7. The second kappa shape index (κ2) is 11.5. The number of halogens is 1. The fourth-order valence-electron chi connectivity index (χ4n) is 4.66. The number of nitrogens with one attached hydrogen (secondary N) is 2. The molecule has 0 unspecified atom stereocenters. The zero-order valence-electron chi connectivity index (χ0n) is 22.5. The molecule has 5 rings (SSSR count). The van der Waals surface area contributed by atoms with Gasteiger partial charge in [0.15, 0.2) is 10.9 Å². The van der Waals surface area contributed by atoms with Crippen LogP contribution < -0.4 is 15.5 Å². The van der Waals surface area contributed by atoms with Crippen molar-refractivity contribution in [1.29, 1.82) is 0 Å². The summed E-state index contributed by atoms with van der Waals surface area (Å²) in [6.45, 7) is 7.58. The summed E-state index contributed by atoms with van der Waals surface area (Å²) >= 11 is 1.18. The van der Waals surface area contributed by atoms with E-state index in [2.05, 4.69) is 30.6 Å². The van der Waals surface area contributed by atoms with Crippen LogP contribution in [0.4, 0.5) is 20.3 Å². The molecule has 0 saturated carbocycles. The molecule has 1 aromatic carbocycles. The van der Waals surface area contributed by atoms with Gasteiger partial charge >= 0.3 is 12.0 Å². The maximum Gasteiger partial charge on any atom is 0.321 e. The quantitative estimate of drug-likeness (QED) is 0.292. The second-order valence-electron chi connectivity index (χ2n) is 9.72. The maximum absolute atomic E-state index is 15.9. The van der Waals surface area contributed by atoms with Gasteiger partial charge in [0.05, 0.1) is 22.4 Å². The van der Waals surface area contributed by atoms with E-state index in [0.717, 1.165) is 0 Å². The number of thiazole rings is 1. The average molecular weight is 564 g/mol. The molecule has 0 radical (unpaired) electrons. The molecule has 4 heterocycles. The van der Waals surface area contributed by atoms with Crippen molar-refractivity contribution in [2.45, 2.75) is 33.6 Å². The number of pyridine rings is 1. The van der Waals surface area contributed by atoms with Gasteiger partial charge in [0, 0.05) is 54.9 Å². The Morgan fingerprint density at radius 2 is 1.88 bits per heavy atom. The third-order valence-electron chi connectivity index (χ3n) is 6.97. The number of ether oxygens (including phenoxy) is 1. The maximum atomic E-state index is 15.9. The number of piperidine rings is 1. The van der Waals surface area contributed by atoms with Crippen molar-refractivity contribution < 1.29 is 18.7 Å². The number of aromatic nitrogens is 4. The molecular weight excluding hydrogens is 533 g/mol. The Labute approximate surface area is 235 Å². The molecule has 1 aliphatic rings. The number of rotatable bonds is 7. The van der Waals surface area contributed by atoms with Crippen molar-refractivity contribution in [3.8, 4) is 22.4 Å². The minimum Gasteiger partial charge on any atom is -0.466 e. The van der Waals surface area contributed by atoms with Crippen LogP contribution in [-0.4, -0.2) is 58.2 Å². The van der Waals surface area contributed by atoms with Crippen LogP contribution in [0.5, 0.6) is 0 Å². The van der Waals surface area contributed by atoms with Crippen molar-refractivity contribution in [2.75, 3.05) is 36.5 Å². The van der Waals surface area contributed by atoms with Gasteiger partial charge in [-0.3, -0.25) is 15.1 Å². The molecule has 4 aromatic rings. The number of hydrogen-bond donors (Lipinski definition) is 2. The Morgan fingerprint density at radius 3 is 2.52 bits per heavy atom. The van der Waals surface area contributed by atoms with Gasteiger partial charge in [-0.2, -0.15) is 0 Å². The Morgan fingerprint density at radius 1 is 1.12 bits per heavy atom. The molecule has 0 atom stereocenters. The summed E-state index contributed by atoms with van der Waals surface area (Å²) in [5.41, 5.74) is 1.71. The number of benzene rings is 1. The molecule has 2 amide bonds. The molecule has 40 heavy (non-hydrogen) atoms. The summed E-state index contributed by atoms with van der Waals surface area (Å²) in [7, 11) is 0. The van der Waals surface area contributed by atoms with E-state index in [1.807, 2.05) is 43.9 Å². The Kier molecular flexibility index (Phi) is 7.88. The summed E-state index contributed by atoms with van der Waals surface area (Å²) in [6.07, 6.45) is 6.11. The van der Waals surface area contributed by atoms with Crippen LogP contribution in [0.15, 0.2) is 42.9 Å². The predicted molar refractivity (Wildman–Crippen MR) is 153 cm³/mol. The first-order valence-electron chi connectivity index (χ1n) is 13.2. The monoisotopic (exact) mass is 563 g/mol. The molecule has 10 nitrogen and oxygen atoms in total. The molecule has 0 aliphatic carbocycles. The highest BCUT2D eigenvalue weighted by atomic mass is 32.1. The number of anilines is 2. The average Bonchev–Trinajstić information content (AvgIpc) is 3.39. The zero-order valence-corrected chi connectivity index (χ0v) is 23.3. The smallest absolute Gasteiger partial charge is 0.321 e. The molecule has 3 aromatic heterocycles. The zero-order chi connectivity index (χ0) is 28.3. The predicted octanol–water partition coefficient (Wildman–Crippen LogP) is 5.27. The summed E-state index contributed by atoms with van der Waals surface area (Å²) in [4.78, 5) is 44.4. The summed E-state index contributed by atoms with van der Waals surface area (Å²) in [5, 5.41) is 5.60. The van der Waals surface area contributed by atoms with Crippen molar-refractivity contribution >= 4 is 44.6 Å². The SMILES string of the molecule is CCNC(=O)Nc1nc2c(F)c(-c3cnc(N4CCC(C)(C(=O)OCC)CC4)nc3)cc(-c3ccccn3)c2s1. The first kappa shape index (κ1) is 27.4. The van der Waals surface area contributed by atoms with Crippen LogP contribution in [-0.2, 0) is 9.53 Å². The van der Waals surface area contributed by atoms with E-state index in [0.29, 0.717) is 66.6 Å². The molecule has 2 N–H and O–H groups in total. The number of esters is 1. The lowest BCUT2D eigenvalue weighted by Gasteiger charge is -2.37. The molecule has 1 saturated heterocycles. The van der Waals surface area contributed by atoms with Gasteiger partial charge in [-0.15, -0.1) is 0 Å². The first-order valence-corrected chi connectivity index (χ1v) is 14.0. The number of carbonyl (C=O) groups is 2. The van der Waals surface area contributed by atoms with Crippen molar-refractivity contribution in [1.82, 2.24) is 25.3 Å². The molecular formula is C28H30FN7O3S. The first-order chi connectivity index (χ1) is 19.3. The molecule has 1 fully saturated rings. The summed E-state index contributed by atoms with van der Waals surface area (Å²) in [5.74, 6) is -0.190. The van der Waals surface area contributed by atoms with Gasteiger partial charge in [-0.25, -0.2) is 24.1 Å². The lowest BCUT2D eigenvalue weighted by molar-refractivity contribution is -0.155. The molecule has 0 spiro atoms. The van der Waals surface area contributed by atoms with Gasteiger partial charge in [-0.05, 0) is 51.8 Å². The van der Waals surface area contributed by atoms with E-state index in [1.54, 1.807) is 24.7 Å². The molecule has 1 aliphatic heterocycles. The van der Waals surface area contributed by atoms with E-state index in [-0.39, 0.29) is 22.2 Å². The molecule has 208 valence electrons. The number of nitrogens with zero attached hydrogens (tertiary/aromatic N) is 5. The van der Waals surface area contributed by atoms with Gasteiger partial charge in [-0.1, -0.05) is 17.4 Å². The van der Waals surface area contributed by atoms with Gasteiger partial charge in [0.1, 0.15) is 5.52 Å². The molecule has 12 heteroatoms.